The monoisotopic (exact) mass is 413 g/mol. The third-order valence-electron chi connectivity index (χ3n) is 4.92. The SMILES string of the molecule is CCNC(=NCc1ccc(Cl)nc1)NCC1CC(=O)N(CCc2ccccc2)C1. The number of aromatic nitrogens is 1. The highest BCUT2D eigenvalue weighted by molar-refractivity contribution is 6.29. The Morgan fingerprint density at radius 1 is 1.21 bits per heavy atom. The molecule has 1 aromatic heterocycles. The maximum atomic E-state index is 12.3. The van der Waals surface area contributed by atoms with Gasteiger partial charge in [-0.15, -0.1) is 0 Å². The molecule has 3 rings (SSSR count). The first kappa shape index (κ1) is 21.1. The number of hydrogen-bond donors (Lipinski definition) is 2. The number of rotatable bonds is 8. The van der Waals surface area contributed by atoms with Crippen molar-refractivity contribution in [1.82, 2.24) is 20.5 Å². The Kier molecular flexibility index (Phi) is 7.87. The van der Waals surface area contributed by atoms with Crippen LogP contribution < -0.4 is 10.6 Å². The Labute approximate surface area is 177 Å². The van der Waals surface area contributed by atoms with E-state index in [4.69, 9.17) is 11.6 Å². The Hall–Kier alpha value is -2.60. The molecule has 1 aliphatic heterocycles. The number of benzene rings is 1. The fourth-order valence-electron chi connectivity index (χ4n) is 3.37. The van der Waals surface area contributed by atoms with E-state index in [0.29, 0.717) is 24.0 Å². The summed E-state index contributed by atoms with van der Waals surface area (Å²) in [6.07, 6.45) is 3.21. The number of guanidine groups is 1. The Morgan fingerprint density at radius 3 is 2.76 bits per heavy atom. The number of nitrogens with one attached hydrogen (secondary N) is 2. The maximum absolute atomic E-state index is 12.3. The minimum absolute atomic E-state index is 0.238. The third kappa shape index (κ3) is 6.75. The van der Waals surface area contributed by atoms with Gasteiger partial charge in [0.2, 0.25) is 5.91 Å². The van der Waals surface area contributed by atoms with Crippen LogP contribution in [0.2, 0.25) is 5.15 Å². The molecule has 0 aliphatic carbocycles. The molecule has 1 aromatic carbocycles. The summed E-state index contributed by atoms with van der Waals surface area (Å²) in [6, 6.07) is 14.0. The second-order valence-electron chi connectivity index (χ2n) is 7.21. The van der Waals surface area contributed by atoms with Gasteiger partial charge >= 0.3 is 0 Å². The zero-order chi connectivity index (χ0) is 20.5. The summed E-state index contributed by atoms with van der Waals surface area (Å²) in [5, 5.41) is 7.10. The molecule has 7 heteroatoms. The number of halogens is 1. The fourth-order valence-corrected chi connectivity index (χ4v) is 3.48. The van der Waals surface area contributed by atoms with E-state index < -0.39 is 0 Å². The first-order valence-corrected chi connectivity index (χ1v) is 10.5. The molecule has 1 amide bonds. The third-order valence-corrected chi connectivity index (χ3v) is 5.14. The number of carbonyl (C=O) groups excluding carboxylic acids is 1. The molecule has 1 saturated heterocycles. The van der Waals surface area contributed by atoms with E-state index in [1.165, 1.54) is 5.56 Å². The molecule has 1 fully saturated rings. The van der Waals surface area contributed by atoms with Crippen molar-refractivity contribution in [3.8, 4) is 0 Å². The number of pyridine rings is 1. The molecule has 0 radical (unpaired) electrons. The molecule has 2 N–H and O–H groups in total. The average molecular weight is 414 g/mol. The van der Waals surface area contributed by atoms with Crippen LogP contribution in [-0.2, 0) is 17.8 Å². The fraction of sp³-hybridized carbons (Fsp3) is 0.409. The molecule has 6 nitrogen and oxygen atoms in total. The predicted octanol–water partition coefficient (Wildman–Crippen LogP) is 2.88. The summed E-state index contributed by atoms with van der Waals surface area (Å²) < 4.78 is 0. The molecule has 29 heavy (non-hydrogen) atoms. The van der Waals surface area contributed by atoms with Gasteiger partial charge in [0.1, 0.15) is 5.15 Å². The van der Waals surface area contributed by atoms with Crippen LogP contribution >= 0.6 is 11.6 Å². The van der Waals surface area contributed by atoms with Crippen molar-refractivity contribution < 1.29 is 4.79 Å². The number of amides is 1. The predicted molar refractivity (Wildman–Crippen MR) is 117 cm³/mol. The Morgan fingerprint density at radius 2 is 2.03 bits per heavy atom. The summed E-state index contributed by atoms with van der Waals surface area (Å²) in [7, 11) is 0. The summed E-state index contributed by atoms with van der Waals surface area (Å²) in [4.78, 5) is 23.0. The van der Waals surface area contributed by atoms with Crippen LogP contribution in [0.25, 0.3) is 0 Å². The highest BCUT2D eigenvalue weighted by Gasteiger charge is 2.29. The van der Waals surface area contributed by atoms with Crippen LogP contribution in [0, 0.1) is 5.92 Å². The smallest absolute Gasteiger partial charge is 0.223 e. The first-order valence-electron chi connectivity index (χ1n) is 10.1. The Bertz CT molecular complexity index is 810. The van der Waals surface area contributed by atoms with Crippen molar-refractivity contribution in [1.29, 1.82) is 0 Å². The summed E-state index contributed by atoms with van der Waals surface area (Å²) >= 11 is 5.82. The molecule has 0 bridgehead atoms. The zero-order valence-corrected chi connectivity index (χ0v) is 17.5. The van der Waals surface area contributed by atoms with Gasteiger partial charge in [0.25, 0.3) is 0 Å². The molecule has 1 atom stereocenters. The molecule has 0 spiro atoms. The van der Waals surface area contributed by atoms with Gasteiger partial charge < -0.3 is 15.5 Å². The normalized spacial score (nSPS) is 16.9. The van der Waals surface area contributed by atoms with Crippen LogP contribution in [0.5, 0.6) is 0 Å². The summed E-state index contributed by atoms with van der Waals surface area (Å²) in [5.74, 6) is 1.28. The molecular formula is C22H28ClN5O. The lowest BCUT2D eigenvalue weighted by Gasteiger charge is -2.18. The molecule has 1 unspecified atom stereocenters. The lowest BCUT2D eigenvalue weighted by Crippen LogP contribution is -2.40. The van der Waals surface area contributed by atoms with Crippen LogP contribution in [0.3, 0.4) is 0 Å². The van der Waals surface area contributed by atoms with Gasteiger partial charge in [0.05, 0.1) is 6.54 Å². The topological polar surface area (TPSA) is 69.6 Å². The lowest BCUT2D eigenvalue weighted by molar-refractivity contribution is -0.127. The van der Waals surface area contributed by atoms with Crippen molar-refractivity contribution in [2.24, 2.45) is 10.9 Å². The van der Waals surface area contributed by atoms with E-state index in [2.05, 4.69) is 32.7 Å². The van der Waals surface area contributed by atoms with E-state index >= 15 is 0 Å². The summed E-state index contributed by atoms with van der Waals surface area (Å²) in [5.41, 5.74) is 2.26. The van der Waals surface area contributed by atoms with E-state index in [1.54, 1.807) is 12.3 Å². The number of nitrogens with zero attached hydrogens (tertiary/aromatic N) is 3. The van der Waals surface area contributed by atoms with Crippen LogP contribution in [-0.4, -0.2) is 47.9 Å². The Balaban J connectivity index is 1.47. The van der Waals surface area contributed by atoms with Crippen LogP contribution in [0.4, 0.5) is 0 Å². The largest absolute Gasteiger partial charge is 0.357 e. The van der Waals surface area contributed by atoms with Crippen molar-refractivity contribution in [2.45, 2.75) is 26.3 Å². The van der Waals surface area contributed by atoms with Gasteiger partial charge in [0.15, 0.2) is 5.96 Å². The van der Waals surface area contributed by atoms with Crippen molar-refractivity contribution >= 4 is 23.5 Å². The second-order valence-corrected chi connectivity index (χ2v) is 7.60. The standard InChI is InChI=1S/C22H28ClN5O/c1-2-24-22(26-14-18-8-9-20(23)25-13-18)27-15-19-12-21(29)28(16-19)11-10-17-6-4-3-5-7-17/h3-9,13,19H,2,10-12,14-16H2,1H3,(H2,24,26,27). The van der Waals surface area contributed by atoms with Gasteiger partial charge in [-0.1, -0.05) is 48.0 Å². The van der Waals surface area contributed by atoms with E-state index in [0.717, 1.165) is 44.1 Å². The van der Waals surface area contributed by atoms with Crippen molar-refractivity contribution in [3.63, 3.8) is 0 Å². The minimum Gasteiger partial charge on any atom is -0.357 e. The number of carbonyl (C=O) groups is 1. The molecule has 2 heterocycles. The van der Waals surface area contributed by atoms with Gasteiger partial charge in [0, 0.05) is 44.7 Å². The molecule has 1 aliphatic rings. The zero-order valence-electron chi connectivity index (χ0n) is 16.8. The number of hydrogen-bond acceptors (Lipinski definition) is 3. The van der Waals surface area contributed by atoms with Gasteiger partial charge in [-0.05, 0) is 30.5 Å². The highest BCUT2D eigenvalue weighted by Crippen LogP contribution is 2.17. The van der Waals surface area contributed by atoms with Gasteiger partial charge in [-0.2, -0.15) is 0 Å². The average Bonchev–Trinajstić information content (AvgIpc) is 3.10. The molecule has 154 valence electrons. The van der Waals surface area contributed by atoms with Gasteiger partial charge in [-0.3, -0.25) is 4.79 Å². The molecular weight excluding hydrogens is 386 g/mol. The lowest BCUT2D eigenvalue weighted by atomic mass is 10.1. The van der Waals surface area contributed by atoms with E-state index in [-0.39, 0.29) is 5.91 Å². The quantitative estimate of drug-likeness (QED) is 0.396. The first-order chi connectivity index (χ1) is 14.1. The second kappa shape index (κ2) is 10.8. The minimum atomic E-state index is 0.238. The van der Waals surface area contributed by atoms with E-state index in [9.17, 15) is 4.79 Å². The number of likely N-dealkylation sites (tertiary alicyclic amines) is 1. The number of aliphatic imine (C=N–C) groups is 1. The molecule has 2 aromatic rings. The van der Waals surface area contributed by atoms with Crippen molar-refractivity contribution in [2.75, 3.05) is 26.2 Å². The highest BCUT2D eigenvalue weighted by atomic mass is 35.5. The van der Waals surface area contributed by atoms with Gasteiger partial charge in [-0.25, -0.2) is 9.98 Å². The van der Waals surface area contributed by atoms with Crippen LogP contribution in [0.15, 0.2) is 53.7 Å². The van der Waals surface area contributed by atoms with Crippen LogP contribution in [0.1, 0.15) is 24.5 Å². The van der Waals surface area contributed by atoms with E-state index in [1.807, 2.05) is 36.1 Å². The maximum Gasteiger partial charge on any atom is 0.223 e. The van der Waals surface area contributed by atoms with Crippen molar-refractivity contribution in [3.05, 3.63) is 64.9 Å². The summed E-state index contributed by atoms with van der Waals surface area (Å²) in [6.45, 7) is 5.61. The molecule has 0 saturated carbocycles.